The molecule has 3 rings (SSSR count). The molecule has 1 aliphatic rings. The summed E-state index contributed by atoms with van der Waals surface area (Å²) in [6, 6.07) is 11.7. The van der Waals surface area contributed by atoms with Crippen molar-refractivity contribution in [1.29, 1.82) is 0 Å². The zero-order chi connectivity index (χ0) is 23.4. The normalized spacial score (nSPS) is 17.8. The van der Waals surface area contributed by atoms with Gasteiger partial charge in [-0.25, -0.2) is 0 Å². The standard InChI is InChI=1S/C25H30N2O5/c1-6-32-20-11-10-18(14-16(20)2)23(28)21-22(17-8-7-9-19(15-17)31-5)27(13-12-26(3)4)25(30)24(21)29/h7-11,14-15,22,28H,6,12-13H2,1-5H3/b23-21-. The van der Waals surface area contributed by atoms with Gasteiger partial charge in [0, 0.05) is 18.7 Å². The second-order valence-electron chi connectivity index (χ2n) is 7.99. The molecule has 1 unspecified atom stereocenters. The number of nitrogens with zero attached hydrogens (tertiary/aromatic N) is 2. The van der Waals surface area contributed by atoms with Crippen LogP contribution in [0.4, 0.5) is 0 Å². The molecule has 2 aromatic carbocycles. The molecule has 7 nitrogen and oxygen atoms in total. The Morgan fingerprint density at radius 2 is 1.91 bits per heavy atom. The lowest BCUT2D eigenvalue weighted by molar-refractivity contribution is -0.140. The monoisotopic (exact) mass is 438 g/mol. The highest BCUT2D eigenvalue weighted by Gasteiger charge is 2.46. The molecule has 0 radical (unpaired) electrons. The number of amides is 1. The lowest BCUT2D eigenvalue weighted by atomic mass is 9.94. The number of likely N-dealkylation sites (tertiary alicyclic amines) is 1. The van der Waals surface area contributed by atoms with Gasteiger partial charge in [0.15, 0.2) is 0 Å². The molecule has 1 heterocycles. The molecule has 2 aromatic rings. The summed E-state index contributed by atoms with van der Waals surface area (Å²) < 4.78 is 10.9. The molecule has 1 atom stereocenters. The number of carbonyl (C=O) groups is 2. The molecule has 0 bridgehead atoms. The van der Waals surface area contributed by atoms with Gasteiger partial charge in [0.05, 0.1) is 25.3 Å². The highest BCUT2D eigenvalue weighted by Crippen LogP contribution is 2.40. The predicted molar refractivity (Wildman–Crippen MR) is 123 cm³/mol. The second kappa shape index (κ2) is 9.87. The van der Waals surface area contributed by atoms with E-state index in [2.05, 4.69) is 0 Å². The fourth-order valence-electron chi connectivity index (χ4n) is 3.85. The van der Waals surface area contributed by atoms with Crippen LogP contribution < -0.4 is 9.47 Å². The first-order valence-electron chi connectivity index (χ1n) is 10.6. The average Bonchev–Trinajstić information content (AvgIpc) is 3.03. The van der Waals surface area contributed by atoms with Crippen LogP contribution in [0.3, 0.4) is 0 Å². The Labute approximate surface area is 188 Å². The van der Waals surface area contributed by atoms with E-state index in [1.165, 1.54) is 4.90 Å². The van der Waals surface area contributed by atoms with E-state index < -0.39 is 17.7 Å². The number of rotatable bonds is 8. The van der Waals surface area contributed by atoms with Gasteiger partial charge in [0.25, 0.3) is 11.7 Å². The molecule has 170 valence electrons. The highest BCUT2D eigenvalue weighted by atomic mass is 16.5. The third-order valence-corrected chi connectivity index (χ3v) is 5.49. The van der Waals surface area contributed by atoms with Crippen molar-refractivity contribution in [1.82, 2.24) is 9.80 Å². The first-order chi connectivity index (χ1) is 15.3. The predicted octanol–water partition coefficient (Wildman–Crippen LogP) is 3.39. The van der Waals surface area contributed by atoms with Crippen LogP contribution in [0.5, 0.6) is 11.5 Å². The molecule has 1 amide bonds. The Morgan fingerprint density at radius 3 is 2.53 bits per heavy atom. The average molecular weight is 439 g/mol. The lowest BCUT2D eigenvalue weighted by Crippen LogP contribution is -2.35. The van der Waals surface area contributed by atoms with E-state index in [9.17, 15) is 14.7 Å². The number of hydrogen-bond donors (Lipinski definition) is 1. The first kappa shape index (κ1) is 23.3. The highest BCUT2D eigenvalue weighted by molar-refractivity contribution is 6.46. The van der Waals surface area contributed by atoms with Gasteiger partial charge in [-0.3, -0.25) is 9.59 Å². The molecule has 7 heteroatoms. The minimum Gasteiger partial charge on any atom is -0.507 e. The number of ether oxygens (including phenoxy) is 2. The van der Waals surface area contributed by atoms with Crippen molar-refractivity contribution in [2.24, 2.45) is 0 Å². The molecule has 32 heavy (non-hydrogen) atoms. The fourth-order valence-corrected chi connectivity index (χ4v) is 3.85. The third kappa shape index (κ3) is 4.62. The molecule has 1 saturated heterocycles. The van der Waals surface area contributed by atoms with Gasteiger partial charge in [-0.15, -0.1) is 0 Å². The number of methoxy groups -OCH3 is 1. The zero-order valence-electron chi connectivity index (χ0n) is 19.2. The van der Waals surface area contributed by atoms with Crippen LogP contribution in [0.25, 0.3) is 5.76 Å². The van der Waals surface area contributed by atoms with Crippen molar-refractivity contribution in [3.63, 3.8) is 0 Å². The van der Waals surface area contributed by atoms with Crippen molar-refractivity contribution >= 4 is 17.4 Å². The first-order valence-corrected chi connectivity index (χ1v) is 10.6. The maximum absolute atomic E-state index is 13.1. The zero-order valence-corrected chi connectivity index (χ0v) is 19.2. The quantitative estimate of drug-likeness (QED) is 0.387. The number of ketones is 1. The van der Waals surface area contributed by atoms with E-state index in [1.54, 1.807) is 43.5 Å². The number of Topliss-reactive ketones (excluding diaryl/α,β-unsaturated/α-hetero) is 1. The molecule has 0 aliphatic carbocycles. The number of aryl methyl sites for hydroxylation is 1. The number of aliphatic hydroxyl groups is 1. The summed E-state index contributed by atoms with van der Waals surface area (Å²) >= 11 is 0. The fraction of sp³-hybridized carbons (Fsp3) is 0.360. The van der Waals surface area contributed by atoms with Gasteiger partial charge >= 0.3 is 0 Å². The van der Waals surface area contributed by atoms with Crippen molar-refractivity contribution in [2.45, 2.75) is 19.9 Å². The summed E-state index contributed by atoms with van der Waals surface area (Å²) in [4.78, 5) is 29.5. The van der Waals surface area contributed by atoms with Crippen molar-refractivity contribution < 1.29 is 24.2 Å². The van der Waals surface area contributed by atoms with Crippen LogP contribution in [0.2, 0.25) is 0 Å². The van der Waals surface area contributed by atoms with E-state index in [4.69, 9.17) is 9.47 Å². The molecule has 0 saturated carbocycles. The minimum absolute atomic E-state index is 0.0746. The second-order valence-corrected chi connectivity index (χ2v) is 7.99. The molecule has 0 spiro atoms. The minimum atomic E-state index is -0.711. The van der Waals surface area contributed by atoms with Crippen LogP contribution in [-0.2, 0) is 9.59 Å². The third-order valence-electron chi connectivity index (χ3n) is 5.49. The van der Waals surface area contributed by atoms with Gasteiger partial charge in [-0.1, -0.05) is 12.1 Å². The van der Waals surface area contributed by atoms with Crippen molar-refractivity contribution in [3.8, 4) is 11.5 Å². The topological polar surface area (TPSA) is 79.3 Å². The Morgan fingerprint density at radius 1 is 1.16 bits per heavy atom. The van der Waals surface area contributed by atoms with Crippen LogP contribution in [0.1, 0.15) is 29.7 Å². The maximum atomic E-state index is 13.1. The van der Waals surface area contributed by atoms with Gasteiger partial charge in [-0.2, -0.15) is 0 Å². The van der Waals surface area contributed by atoms with E-state index in [-0.39, 0.29) is 11.3 Å². The molecule has 1 N–H and O–H groups in total. The van der Waals surface area contributed by atoms with Gasteiger partial charge in [0.1, 0.15) is 17.3 Å². The Balaban J connectivity index is 2.14. The summed E-state index contributed by atoms with van der Waals surface area (Å²) in [5.74, 6) is -0.198. The van der Waals surface area contributed by atoms with Crippen molar-refractivity contribution in [3.05, 3.63) is 64.7 Å². The molecule has 1 aliphatic heterocycles. The summed E-state index contributed by atoms with van der Waals surface area (Å²) in [5.41, 5.74) is 2.07. The van der Waals surface area contributed by atoms with Gasteiger partial charge in [-0.05, 0) is 69.4 Å². The number of aliphatic hydroxyl groups excluding tert-OH is 1. The smallest absolute Gasteiger partial charge is 0.295 e. The van der Waals surface area contributed by atoms with E-state index in [1.807, 2.05) is 38.9 Å². The molecular formula is C25H30N2O5. The molecule has 1 fully saturated rings. The van der Waals surface area contributed by atoms with Crippen LogP contribution in [0, 0.1) is 6.92 Å². The SMILES string of the molecule is CCOc1ccc(/C(O)=C2/C(=O)C(=O)N(CCN(C)C)C2c2cccc(OC)c2)cc1C. The summed E-state index contributed by atoms with van der Waals surface area (Å²) in [5, 5.41) is 11.2. The summed E-state index contributed by atoms with van der Waals surface area (Å²) in [7, 11) is 5.37. The van der Waals surface area contributed by atoms with E-state index in [0.717, 1.165) is 5.56 Å². The Kier molecular flexibility index (Phi) is 7.20. The Bertz CT molecular complexity index is 1040. The number of likely N-dealkylation sites (N-methyl/N-ethyl adjacent to an activating group) is 1. The van der Waals surface area contributed by atoms with E-state index in [0.29, 0.717) is 42.3 Å². The maximum Gasteiger partial charge on any atom is 0.295 e. The largest absolute Gasteiger partial charge is 0.507 e. The number of hydrogen-bond acceptors (Lipinski definition) is 6. The van der Waals surface area contributed by atoms with Crippen LogP contribution in [-0.4, -0.2) is 67.5 Å². The summed E-state index contributed by atoms with van der Waals surface area (Å²) in [6.07, 6.45) is 0. The number of benzene rings is 2. The Hall–Kier alpha value is -3.32. The number of carbonyl (C=O) groups excluding carboxylic acids is 2. The van der Waals surface area contributed by atoms with Crippen LogP contribution in [0.15, 0.2) is 48.0 Å². The molecule has 0 aromatic heterocycles. The van der Waals surface area contributed by atoms with E-state index >= 15 is 0 Å². The molecular weight excluding hydrogens is 408 g/mol. The lowest BCUT2D eigenvalue weighted by Gasteiger charge is -2.26. The summed E-state index contributed by atoms with van der Waals surface area (Å²) in [6.45, 7) is 5.22. The van der Waals surface area contributed by atoms with Gasteiger partial charge < -0.3 is 24.4 Å². The van der Waals surface area contributed by atoms with Crippen molar-refractivity contribution in [2.75, 3.05) is 40.9 Å². The van der Waals surface area contributed by atoms with Crippen LogP contribution >= 0.6 is 0 Å². The van der Waals surface area contributed by atoms with Gasteiger partial charge in [0.2, 0.25) is 0 Å².